The maximum Gasteiger partial charge on any atom is 0.325 e. The fourth-order valence-corrected chi connectivity index (χ4v) is 2.96. The second kappa shape index (κ2) is 5.10. The highest BCUT2D eigenvalue weighted by atomic mass is 16.2. The molecule has 0 aromatic rings. The van der Waals surface area contributed by atoms with Crippen LogP contribution in [0.15, 0.2) is 0 Å². The van der Waals surface area contributed by atoms with Gasteiger partial charge in [-0.2, -0.15) is 0 Å². The second-order valence-corrected chi connectivity index (χ2v) is 5.35. The largest absolute Gasteiger partial charge is 0.351 e. The van der Waals surface area contributed by atoms with E-state index in [1.54, 1.807) is 0 Å². The number of urea groups is 2. The van der Waals surface area contributed by atoms with Crippen molar-refractivity contribution in [3.05, 3.63) is 0 Å². The van der Waals surface area contributed by atoms with Crippen molar-refractivity contribution in [3.8, 4) is 0 Å². The number of carbonyl (C=O) groups excluding carboxylic acids is 4. The van der Waals surface area contributed by atoms with E-state index in [4.69, 9.17) is 5.73 Å². The van der Waals surface area contributed by atoms with Crippen LogP contribution in [-0.4, -0.2) is 40.9 Å². The number of nitrogens with zero attached hydrogens (tertiary/aromatic N) is 1. The molecule has 1 spiro atoms. The van der Waals surface area contributed by atoms with Gasteiger partial charge in [0.1, 0.15) is 12.1 Å². The number of rotatable bonds is 2. The Morgan fingerprint density at radius 2 is 2.15 bits per heavy atom. The number of hydrogen-bond acceptors (Lipinski definition) is 4. The van der Waals surface area contributed by atoms with Crippen LogP contribution in [-0.2, 0) is 9.59 Å². The Kier molecular flexibility index (Phi) is 3.65. The molecule has 0 aromatic heterocycles. The first kappa shape index (κ1) is 14.3. The minimum atomic E-state index is -1.01. The lowest BCUT2D eigenvalue weighted by Gasteiger charge is -2.36. The van der Waals surface area contributed by atoms with Gasteiger partial charge in [0, 0.05) is 0 Å². The summed E-state index contributed by atoms with van der Waals surface area (Å²) < 4.78 is 0. The normalized spacial score (nSPS) is 29.4. The van der Waals surface area contributed by atoms with Gasteiger partial charge in [0.2, 0.25) is 5.91 Å². The van der Waals surface area contributed by atoms with Gasteiger partial charge >= 0.3 is 12.1 Å². The highest BCUT2D eigenvalue weighted by molar-refractivity contribution is 6.10. The molecule has 0 bridgehead atoms. The summed E-state index contributed by atoms with van der Waals surface area (Å²) in [5, 5.41) is 4.56. The molecule has 0 radical (unpaired) electrons. The summed E-state index contributed by atoms with van der Waals surface area (Å²) in [4.78, 5) is 47.3. The van der Waals surface area contributed by atoms with Crippen LogP contribution in [0.5, 0.6) is 0 Å². The monoisotopic (exact) mass is 282 g/mol. The Morgan fingerprint density at radius 1 is 1.45 bits per heavy atom. The van der Waals surface area contributed by atoms with Crippen molar-refractivity contribution in [2.45, 2.75) is 38.1 Å². The number of amides is 6. The third-order valence-electron chi connectivity index (χ3n) is 4.07. The molecule has 1 heterocycles. The van der Waals surface area contributed by atoms with Gasteiger partial charge in [-0.1, -0.05) is 19.8 Å². The van der Waals surface area contributed by atoms with E-state index in [2.05, 4.69) is 5.32 Å². The van der Waals surface area contributed by atoms with Gasteiger partial charge < -0.3 is 11.1 Å². The predicted molar refractivity (Wildman–Crippen MR) is 68.3 cm³/mol. The number of nitrogens with two attached hydrogens (primary N) is 1. The highest BCUT2D eigenvalue weighted by Crippen LogP contribution is 2.37. The Labute approximate surface area is 116 Å². The summed E-state index contributed by atoms with van der Waals surface area (Å²) >= 11 is 0. The first-order chi connectivity index (χ1) is 9.36. The molecule has 1 aliphatic heterocycles. The molecule has 2 rings (SSSR count). The van der Waals surface area contributed by atoms with Crippen molar-refractivity contribution < 1.29 is 19.2 Å². The molecular formula is C12H18N4O4. The van der Waals surface area contributed by atoms with Gasteiger partial charge in [0.15, 0.2) is 0 Å². The summed E-state index contributed by atoms with van der Waals surface area (Å²) in [5.41, 5.74) is 3.92. The van der Waals surface area contributed by atoms with Crippen LogP contribution in [0.1, 0.15) is 32.6 Å². The van der Waals surface area contributed by atoms with E-state index in [0.717, 1.165) is 24.2 Å². The van der Waals surface area contributed by atoms with E-state index in [9.17, 15) is 19.2 Å². The molecular weight excluding hydrogens is 264 g/mol. The fourth-order valence-electron chi connectivity index (χ4n) is 2.96. The van der Waals surface area contributed by atoms with Crippen LogP contribution in [0.25, 0.3) is 0 Å². The first-order valence-electron chi connectivity index (χ1n) is 6.60. The third-order valence-corrected chi connectivity index (χ3v) is 4.07. The van der Waals surface area contributed by atoms with Gasteiger partial charge in [-0.15, -0.1) is 0 Å². The van der Waals surface area contributed by atoms with Crippen molar-refractivity contribution in [1.82, 2.24) is 15.5 Å². The summed E-state index contributed by atoms with van der Waals surface area (Å²) in [6.07, 6.45) is 3.31. The molecule has 20 heavy (non-hydrogen) atoms. The average molecular weight is 282 g/mol. The maximum atomic E-state index is 12.5. The number of hydrogen-bond donors (Lipinski definition) is 3. The Morgan fingerprint density at radius 3 is 2.75 bits per heavy atom. The third kappa shape index (κ3) is 2.33. The first-order valence-corrected chi connectivity index (χ1v) is 6.60. The Hall–Kier alpha value is -2.12. The van der Waals surface area contributed by atoms with Crippen molar-refractivity contribution in [3.63, 3.8) is 0 Å². The molecule has 1 saturated heterocycles. The van der Waals surface area contributed by atoms with Gasteiger partial charge in [0.05, 0.1) is 0 Å². The molecule has 8 heteroatoms. The van der Waals surface area contributed by atoms with Gasteiger partial charge in [0.25, 0.3) is 5.91 Å². The number of carbonyl (C=O) groups is 4. The number of primary amides is 1. The molecule has 1 saturated carbocycles. The summed E-state index contributed by atoms with van der Waals surface area (Å²) in [6.45, 7) is 1.42. The Balaban J connectivity index is 2.12. The smallest absolute Gasteiger partial charge is 0.325 e. The van der Waals surface area contributed by atoms with Crippen LogP contribution in [0, 0.1) is 5.92 Å². The zero-order chi connectivity index (χ0) is 14.9. The molecule has 4 N–H and O–H groups in total. The Bertz CT molecular complexity index is 478. The van der Waals surface area contributed by atoms with E-state index in [-0.39, 0.29) is 5.92 Å². The van der Waals surface area contributed by atoms with E-state index in [1.807, 2.05) is 12.2 Å². The van der Waals surface area contributed by atoms with Crippen LogP contribution < -0.4 is 16.4 Å². The topological polar surface area (TPSA) is 122 Å². The molecule has 6 amide bonds. The summed E-state index contributed by atoms with van der Waals surface area (Å²) in [6, 6.07) is -1.61. The zero-order valence-electron chi connectivity index (χ0n) is 11.3. The summed E-state index contributed by atoms with van der Waals surface area (Å²) in [7, 11) is 0. The molecule has 2 aliphatic rings. The number of nitrogens with one attached hydrogen (secondary N) is 2. The fraction of sp³-hybridized carbons (Fsp3) is 0.667. The second-order valence-electron chi connectivity index (χ2n) is 5.35. The quantitative estimate of drug-likeness (QED) is 0.601. The maximum absolute atomic E-state index is 12.5. The van der Waals surface area contributed by atoms with E-state index >= 15 is 0 Å². The van der Waals surface area contributed by atoms with Crippen molar-refractivity contribution in [2.75, 3.05) is 6.54 Å². The lowest BCUT2D eigenvalue weighted by atomic mass is 9.73. The lowest BCUT2D eigenvalue weighted by molar-refractivity contribution is -0.137. The predicted octanol–water partition coefficient (Wildman–Crippen LogP) is -0.318. The molecule has 2 fully saturated rings. The minimum Gasteiger partial charge on any atom is -0.351 e. The van der Waals surface area contributed by atoms with Gasteiger partial charge in [-0.25, -0.2) is 9.59 Å². The standard InChI is InChI=1S/C12H18N4O4/c1-7-4-2-3-5-12(7)9(18)16(11(20)15-12)6-8(17)14-10(13)19/h7H,2-6H2,1H3,(H,15,20)(H3,13,14,17,19)/t7-,12-/m1/s1. The van der Waals surface area contributed by atoms with E-state index in [1.165, 1.54) is 0 Å². The van der Waals surface area contributed by atoms with Gasteiger partial charge in [-0.3, -0.25) is 19.8 Å². The zero-order valence-corrected chi connectivity index (χ0v) is 11.3. The molecule has 8 nitrogen and oxygen atoms in total. The van der Waals surface area contributed by atoms with Crippen molar-refractivity contribution in [2.24, 2.45) is 11.7 Å². The molecule has 1 aliphatic carbocycles. The SMILES string of the molecule is C[C@@H]1CCCC[C@@]12NC(=O)N(CC(=O)NC(N)=O)C2=O. The lowest BCUT2D eigenvalue weighted by Crippen LogP contribution is -2.54. The highest BCUT2D eigenvalue weighted by Gasteiger charge is 2.55. The molecule has 0 aromatic carbocycles. The van der Waals surface area contributed by atoms with Crippen LogP contribution in [0.2, 0.25) is 0 Å². The minimum absolute atomic E-state index is 0.0249. The van der Waals surface area contributed by atoms with Crippen molar-refractivity contribution in [1.29, 1.82) is 0 Å². The molecule has 2 atom stereocenters. The van der Waals surface area contributed by atoms with E-state index < -0.39 is 36.0 Å². The molecule has 0 unspecified atom stereocenters. The van der Waals surface area contributed by atoms with Crippen LogP contribution >= 0.6 is 0 Å². The van der Waals surface area contributed by atoms with Gasteiger partial charge in [-0.05, 0) is 18.8 Å². The van der Waals surface area contributed by atoms with Crippen LogP contribution in [0.3, 0.4) is 0 Å². The average Bonchev–Trinajstić information content (AvgIpc) is 2.58. The van der Waals surface area contributed by atoms with E-state index in [0.29, 0.717) is 6.42 Å². The summed E-state index contributed by atoms with van der Waals surface area (Å²) in [5.74, 6) is -1.15. The number of imide groups is 2. The van der Waals surface area contributed by atoms with Crippen LogP contribution in [0.4, 0.5) is 9.59 Å². The van der Waals surface area contributed by atoms with Crippen molar-refractivity contribution >= 4 is 23.9 Å². The molecule has 110 valence electrons.